The van der Waals surface area contributed by atoms with Crippen LogP contribution in [0.3, 0.4) is 0 Å². The molecule has 0 N–H and O–H groups in total. The summed E-state index contributed by atoms with van der Waals surface area (Å²) >= 11 is 0. The largest absolute Gasteiger partial charge is 0.493 e. The van der Waals surface area contributed by atoms with Crippen LogP contribution < -0.4 is 9.47 Å². The van der Waals surface area contributed by atoms with Crippen molar-refractivity contribution in [3.63, 3.8) is 0 Å². The highest BCUT2D eigenvalue weighted by molar-refractivity contribution is 5.61. The molecule has 0 aliphatic carbocycles. The van der Waals surface area contributed by atoms with Crippen LogP contribution in [0.5, 0.6) is 11.5 Å². The van der Waals surface area contributed by atoms with Crippen molar-refractivity contribution in [3.8, 4) is 22.9 Å². The number of nitrogens with zero attached hydrogens (tertiary/aromatic N) is 2. The Hall–Kier alpha value is -1.97. The summed E-state index contributed by atoms with van der Waals surface area (Å²) in [6.07, 6.45) is 3.69. The predicted octanol–water partition coefficient (Wildman–Crippen LogP) is 2.49. The van der Waals surface area contributed by atoms with Crippen LogP contribution in [0.4, 0.5) is 0 Å². The zero-order valence-corrected chi connectivity index (χ0v) is 10.3. The molecule has 0 saturated carbocycles. The van der Waals surface area contributed by atoms with E-state index in [1.807, 2.05) is 42.9 Å². The summed E-state index contributed by atoms with van der Waals surface area (Å²) < 4.78 is 12.8. The van der Waals surface area contributed by atoms with Crippen LogP contribution >= 0.6 is 0 Å². The second-order valence-electron chi connectivity index (χ2n) is 3.66. The molecule has 0 unspecified atom stereocenters. The number of hydrogen-bond acceptors (Lipinski definition) is 3. The molecule has 0 fully saturated rings. The summed E-state index contributed by atoms with van der Waals surface area (Å²) in [6, 6.07) is 5.82. The van der Waals surface area contributed by atoms with Gasteiger partial charge in [-0.1, -0.05) is 0 Å². The number of methoxy groups -OCH3 is 1. The van der Waals surface area contributed by atoms with Gasteiger partial charge in [-0.25, -0.2) is 4.98 Å². The number of imidazole rings is 1. The topological polar surface area (TPSA) is 36.3 Å². The van der Waals surface area contributed by atoms with Gasteiger partial charge in [0.2, 0.25) is 0 Å². The molecule has 1 heterocycles. The average Bonchev–Trinajstić information content (AvgIpc) is 2.76. The third-order valence-electron chi connectivity index (χ3n) is 2.54. The first-order valence-electron chi connectivity index (χ1n) is 5.54. The highest BCUT2D eigenvalue weighted by Gasteiger charge is 2.09. The molecule has 0 radical (unpaired) electrons. The van der Waals surface area contributed by atoms with Gasteiger partial charge in [0.15, 0.2) is 11.5 Å². The van der Waals surface area contributed by atoms with E-state index in [9.17, 15) is 0 Å². The van der Waals surface area contributed by atoms with Crippen molar-refractivity contribution < 1.29 is 9.47 Å². The molecule has 0 bridgehead atoms. The molecule has 17 heavy (non-hydrogen) atoms. The second kappa shape index (κ2) is 4.91. The molecule has 0 saturated heterocycles. The SMILES string of the molecule is CCOc1cc(-c2nccn2C)ccc1OC. The first kappa shape index (κ1) is 11.5. The summed E-state index contributed by atoms with van der Waals surface area (Å²) in [5.74, 6) is 2.40. The molecule has 0 amide bonds. The van der Waals surface area contributed by atoms with Gasteiger partial charge in [-0.2, -0.15) is 0 Å². The van der Waals surface area contributed by atoms with Crippen molar-refractivity contribution in [1.29, 1.82) is 0 Å². The van der Waals surface area contributed by atoms with Gasteiger partial charge in [0.05, 0.1) is 13.7 Å². The molecule has 2 rings (SSSR count). The summed E-state index contributed by atoms with van der Waals surface area (Å²) in [5.41, 5.74) is 1.02. The first-order chi connectivity index (χ1) is 8.26. The molecule has 4 heteroatoms. The summed E-state index contributed by atoms with van der Waals surface area (Å²) in [4.78, 5) is 4.31. The fourth-order valence-electron chi connectivity index (χ4n) is 1.73. The van der Waals surface area contributed by atoms with Crippen molar-refractivity contribution in [2.45, 2.75) is 6.92 Å². The van der Waals surface area contributed by atoms with Crippen LogP contribution in [0.25, 0.3) is 11.4 Å². The van der Waals surface area contributed by atoms with Gasteiger partial charge in [0.25, 0.3) is 0 Å². The van der Waals surface area contributed by atoms with E-state index in [2.05, 4.69) is 4.98 Å². The molecule has 0 atom stereocenters. The molecule has 2 aromatic rings. The van der Waals surface area contributed by atoms with Gasteiger partial charge in [-0.15, -0.1) is 0 Å². The molecule has 4 nitrogen and oxygen atoms in total. The van der Waals surface area contributed by atoms with E-state index in [0.717, 1.165) is 22.9 Å². The molecule has 0 spiro atoms. The van der Waals surface area contributed by atoms with Crippen molar-refractivity contribution >= 4 is 0 Å². The van der Waals surface area contributed by atoms with Gasteiger partial charge in [-0.05, 0) is 25.1 Å². The molecule has 1 aromatic heterocycles. The predicted molar refractivity (Wildman–Crippen MR) is 66.4 cm³/mol. The maximum absolute atomic E-state index is 5.54. The lowest BCUT2D eigenvalue weighted by atomic mass is 10.2. The minimum Gasteiger partial charge on any atom is -0.493 e. The van der Waals surface area contributed by atoms with Crippen LogP contribution in [0.1, 0.15) is 6.92 Å². The van der Waals surface area contributed by atoms with Gasteiger partial charge >= 0.3 is 0 Å². The quantitative estimate of drug-likeness (QED) is 0.812. The second-order valence-corrected chi connectivity index (χ2v) is 3.66. The number of benzene rings is 1. The minimum atomic E-state index is 0.611. The van der Waals surface area contributed by atoms with Crippen LogP contribution in [-0.4, -0.2) is 23.3 Å². The van der Waals surface area contributed by atoms with Gasteiger partial charge < -0.3 is 14.0 Å². The van der Waals surface area contributed by atoms with Gasteiger partial charge in [0.1, 0.15) is 5.82 Å². The number of aryl methyl sites for hydroxylation is 1. The Labute approximate surface area is 101 Å². The zero-order chi connectivity index (χ0) is 12.3. The Kier molecular flexibility index (Phi) is 3.32. The van der Waals surface area contributed by atoms with Crippen LogP contribution in [0, 0.1) is 0 Å². The summed E-state index contributed by atoms with van der Waals surface area (Å²) in [5, 5.41) is 0. The number of ether oxygens (including phenoxy) is 2. The van der Waals surface area contributed by atoms with E-state index in [0.29, 0.717) is 6.61 Å². The van der Waals surface area contributed by atoms with E-state index in [-0.39, 0.29) is 0 Å². The average molecular weight is 232 g/mol. The third kappa shape index (κ3) is 2.25. The summed E-state index contributed by atoms with van der Waals surface area (Å²) in [7, 11) is 3.60. The Balaban J connectivity index is 2.43. The molecule has 0 aliphatic rings. The van der Waals surface area contributed by atoms with E-state index in [1.165, 1.54) is 0 Å². The minimum absolute atomic E-state index is 0.611. The van der Waals surface area contributed by atoms with Crippen LogP contribution in [-0.2, 0) is 7.05 Å². The van der Waals surface area contributed by atoms with E-state index >= 15 is 0 Å². The molecular weight excluding hydrogens is 216 g/mol. The highest BCUT2D eigenvalue weighted by Crippen LogP contribution is 2.31. The molecular formula is C13H16N2O2. The maximum atomic E-state index is 5.54. The molecule has 0 aliphatic heterocycles. The molecule has 90 valence electrons. The van der Waals surface area contributed by atoms with Crippen molar-refractivity contribution in [3.05, 3.63) is 30.6 Å². The Bertz CT molecular complexity index is 506. The van der Waals surface area contributed by atoms with Crippen LogP contribution in [0.2, 0.25) is 0 Å². The Morgan fingerprint density at radius 2 is 2.12 bits per heavy atom. The number of rotatable bonds is 4. The fourth-order valence-corrected chi connectivity index (χ4v) is 1.73. The normalized spacial score (nSPS) is 10.3. The van der Waals surface area contributed by atoms with E-state index < -0.39 is 0 Å². The summed E-state index contributed by atoms with van der Waals surface area (Å²) in [6.45, 7) is 2.56. The first-order valence-corrected chi connectivity index (χ1v) is 5.54. The van der Waals surface area contributed by atoms with Gasteiger partial charge in [0, 0.05) is 25.0 Å². The van der Waals surface area contributed by atoms with Crippen molar-refractivity contribution in [2.75, 3.05) is 13.7 Å². The third-order valence-corrected chi connectivity index (χ3v) is 2.54. The molecule has 1 aromatic carbocycles. The standard InChI is InChI=1S/C13H16N2O2/c1-4-17-12-9-10(5-6-11(12)16-3)13-14-7-8-15(13)2/h5-9H,4H2,1-3H3. The van der Waals surface area contributed by atoms with Crippen LogP contribution in [0.15, 0.2) is 30.6 Å². The lowest BCUT2D eigenvalue weighted by Gasteiger charge is -2.11. The van der Waals surface area contributed by atoms with Crippen molar-refractivity contribution in [2.24, 2.45) is 7.05 Å². The van der Waals surface area contributed by atoms with E-state index in [1.54, 1.807) is 13.3 Å². The number of aromatic nitrogens is 2. The van der Waals surface area contributed by atoms with E-state index in [4.69, 9.17) is 9.47 Å². The maximum Gasteiger partial charge on any atom is 0.161 e. The smallest absolute Gasteiger partial charge is 0.161 e. The van der Waals surface area contributed by atoms with Crippen molar-refractivity contribution in [1.82, 2.24) is 9.55 Å². The lowest BCUT2D eigenvalue weighted by Crippen LogP contribution is -1.97. The zero-order valence-electron chi connectivity index (χ0n) is 10.3. The Morgan fingerprint density at radius 3 is 2.71 bits per heavy atom. The lowest BCUT2D eigenvalue weighted by molar-refractivity contribution is 0.311. The Morgan fingerprint density at radius 1 is 1.29 bits per heavy atom. The highest BCUT2D eigenvalue weighted by atomic mass is 16.5. The number of hydrogen-bond donors (Lipinski definition) is 0. The fraction of sp³-hybridized carbons (Fsp3) is 0.308. The van der Waals surface area contributed by atoms with Gasteiger partial charge in [-0.3, -0.25) is 0 Å². The monoisotopic (exact) mass is 232 g/mol.